The third-order valence-corrected chi connectivity index (χ3v) is 3.66. The molecule has 0 fully saturated rings. The Balaban J connectivity index is 2.24. The first kappa shape index (κ1) is 13.9. The Morgan fingerprint density at radius 3 is 2.36 bits per heavy atom. The van der Waals surface area contributed by atoms with Gasteiger partial charge in [-0.25, -0.2) is 0 Å². The third kappa shape index (κ3) is 2.24. The summed E-state index contributed by atoms with van der Waals surface area (Å²) < 4.78 is 1.39. The number of aromatic nitrogens is 1. The van der Waals surface area contributed by atoms with Gasteiger partial charge in [-0.15, -0.1) is 0 Å². The number of aliphatic carboxylic acids is 1. The molecule has 0 atom stereocenters. The second-order valence-electron chi connectivity index (χ2n) is 5.04. The summed E-state index contributed by atoms with van der Waals surface area (Å²) in [6, 6.07) is 16.8. The van der Waals surface area contributed by atoms with E-state index in [1.807, 2.05) is 48.5 Å². The van der Waals surface area contributed by atoms with Gasteiger partial charge in [0.1, 0.15) is 6.54 Å². The van der Waals surface area contributed by atoms with E-state index in [-0.39, 0.29) is 12.4 Å². The second-order valence-corrected chi connectivity index (χ2v) is 5.04. The molecule has 0 amide bonds. The van der Waals surface area contributed by atoms with Crippen LogP contribution in [0.25, 0.3) is 16.5 Å². The molecule has 2 N–H and O–H groups in total. The number of para-hydroxylation sites is 1. The van der Waals surface area contributed by atoms with Crippen molar-refractivity contribution in [1.29, 1.82) is 0 Å². The van der Waals surface area contributed by atoms with E-state index >= 15 is 0 Å². The maximum absolute atomic E-state index is 11.1. The number of carbonyl (C=O) groups is 1. The summed E-state index contributed by atoms with van der Waals surface area (Å²) in [5.74, 6) is -1.08. The Hall–Kier alpha value is -3.01. The molecule has 0 radical (unpaired) electrons. The summed E-state index contributed by atoms with van der Waals surface area (Å²) in [7, 11) is 0. The standard InChI is InChI=1S/C18H15NO3/c1-12(13-7-3-2-4-8-13)17-14-9-5-6-10-15(14)19(18(17)22)11-16(20)21/h2-10,22H,1,11H2,(H,20,21). The molecule has 0 bridgehead atoms. The molecule has 0 aliphatic rings. The molecule has 110 valence electrons. The minimum atomic E-state index is -1.01. The Morgan fingerprint density at radius 1 is 1.05 bits per heavy atom. The number of aromatic hydroxyl groups is 1. The molecule has 0 aliphatic heterocycles. The van der Waals surface area contributed by atoms with Gasteiger partial charge in [-0.1, -0.05) is 55.1 Å². The average molecular weight is 293 g/mol. The zero-order valence-electron chi connectivity index (χ0n) is 11.9. The van der Waals surface area contributed by atoms with Gasteiger partial charge in [-0.2, -0.15) is 0 Å². The first-order chi connectivity index (χ1) is 10.6. The van der Waals surface area contributed by atoms with Crippen LogP contribution in [0.15, 0.2) is 61.2 Å². The summed E-state index contributed by atoms with van der Waals surface area (Å²) in [6.45, 7) is 3.78. The number of carboxylic acids is 1. The highest BCUT2D eigenvalue weighted by Gasteiger charge is 2.20. The molecule has 1 heterocycles. The molecule has 0 unspecified atom stereocenters. The summed E-state index contributed by atoms with van der Waals surface area (Å²) in [5, 5.41) is 20.4. The van der Waals surface area contributed by atoms with Crippen LogP contribution in [0.4, 0.5) is 0 Å². The first-order valence-corrected chi connectivity index (χ1v) is 6.86. The smallest absolute Gasteiger partial charge is 0.323 e. The van der Waals surface area contributed by atoms with Crippen molar-refractivity contribution in [2.45, 2.75) is 6.54 Å². The SMILES string of the molecule is C=C(c1ccccc1)c1c(O)n(CC(=O)O)c2ccccc12. The fourth-order valence-electron chi connectivity index (χ4n) is 2.67. The van der Waals surface area contributed by atoms with Crippen LogP contribution in [-0.2, 0) is 11.3 Å². The molecule has 1 aromatic heterocycles. The predicted molar refractivity (Wildman–Crippen MR) is 85.8 cm³/mol. The van der Waals surface area contributed by atoms with E-state index in [0.29, 0.717) is 16.7 Å². The maximum Gasteiger partial charge on any atom is 0.323 e. The molecule has 4 heteroatoms. The molecular formula is C18H15NO3. The number of nitrogens with zero attached hydrogens (tertiary/aromatic N) is 1. The minimum absolute atomic E-state index is 0.0718. The van der Waals surface area contributed by atoms with Crippen molar-refractivity contribution < 1.29 is 15.0 Å². The Labute approximate surface area is 127 Å². The molecule has 0 aliphatic carbocycles. The molecule has 22 heavy (non-hydrogen) atoms. The lowest BCUT2D eigenvalue weighted by atomic mass is 9.99. The first-order valence-electron chi connectivity index (χ1n) is 6.86. The summed E-state index contributed by atoms with van der Waals surface area (Å²) in [6.07, 6.45) is 0. The van der Waals surface area contributed by atoms with Crippen LogP contribution >= 0.6 is 0 Å². The van der Waals surface area contributed by atoms with Crippen molar-refractivity contribution in [1.82, 2.24) is 4.57 Å². The molecular weight excluding hydrogens is 278 g/mol. The quantitative estimate of drug-likeness (QED) is 0.774. The molecule has 0 saturated carbocycles. The molecule has 2 aromatic carbocycles. The largest absolute Gasteiger partial charge is 0.494 e. The van der Waals surface area contributed by atoms with E-state index < -0.39 is 5.97 Å². The molecule has 0 spiro atoms. The van der Waals surface area contributed by atoms with Gasteiger partial charge in [0.25, 0.3) is 0 Å². The fraction of sp³-hybridized carbons (Fsp3) is 0.0556. The number of fused-ring (bicyclic) bond motifs is 1. The number of carboxylic acid groups (broad SMARTS) is 1. The van der Waals surface area contributed by atoms with Gasteiger partial charge in [-0.3, -0.25) is 4.79 Å². The highest BCUT2D eigenvalue weighted by Crippen LogP contribution is 2.38. The lowest BCUT2D eigenvalue weighted by molar-refractivity contribution is -0.137. The second kappa shape index (κ2) is 5.41. The third-order valence-electron chi connectivity index (χ3n) is 3.66. The Kier molecular flexibility index (Phi) is 3.43. The van der Waals surface area contributed by atoms with Gasteiger partial charge >= 0.3 is 5.97 Å². The van der Waals surface area contributed by atoms with E-state index in [9.17, 15) is 9.90 Å². The van der Waals surface area contributed by atoms with E-state index in [1.54, 1.807) is 6.07 Å². The average Bonchev–Trinajstić information content (AvgIpc) is 2.80. The van der Waals surface area contributed by atoms with Crippen molar-refractivity contribution in [3.63, 3.8) is 0 Å². The summed E-state index contributed by atoms with van der Waals surface area (Å²) in [4.78, 5) is 11.1. The number of benzene rings is 2. The monoisotopic (exact) mass is 293 g/mol. The Morgan fingerprint density at radius 2 is 1.68 bits per heavy atom. The minimum Gasteiger partial charge on any atom is -0.494 e. The zero-order valence-corrected chi connectivity index (χ0v) is 11.9. The fourth-order valence-corrected chi connectivity index (χ4v) is 2.67. The molecule has 3 aromatic rings. The van der Waals surface area contributed by atoms with E-state index in [2.05, 4.69) is 6.58 Å². The van der Waals surface area contributed by atoms with Crippen LogP contribution in [-0.4, -0.2) is 20.7 Å². The van der Waals surface area contributed by atoms with Crippen molar-refractivity contribution in [2.75, 3.05) is 0 Å². The van der Waals surface area contributed by atoms with Gasteiger partial charge in [0.05, 0.1) is 11.1 Å². The number of hydrogen-bond acceptors (Lipinski definition) is 2. The van der Waals surface area contributed by atoms with Crippen molar-refractivity contribution in [3.05, 3.63) is 72.3 Å². The van der Waals surface area contributed by atoms with Crippen LogP contribution in [0.2, 0.25) is 0 Å². The van der Waals surface area contributed by atoms with Crippen LogP contribution in [0.1, 0.15) is 11.1 Å². The van der Waals surface area contributed by atoms with E-state index in [0.717, 1.165) is 10.9 Å². The number of hydrogen-bond donors (Lipinski definition) is 2. The van der Waals surface area contributed by atoms with Gasteiger partial charge in [-0.05, 0) is 17.2 Å². The summed E-state index contributed by atoms with van der Waals surface area (Å²) >= 11 is 0. The van der Waals surface area contributed by atoms with Gasteiger partial charge in [0.2, 0.25) is 5.88 Å². The van der Waals surface area contributed by atoms with Crippen LogP contribution < -0.4 is 0 Å². The lowest BCUT2D eigenvalue weighted by Gasteiger charge is -2.07. The van der Waals surface area contributed by atoms with E-state index in [4.69, 9.17) is 5.11 Å². The number of rotatable bonds is 4. The zero-order chi connectivity index (χ0) is 15.7. The molecule has 3 rings (SSSR count). The van der Waals surface area contributed by atoms with Crippen molar-refractivity contribution in [2.24, 2.45) is 0 Å². The lowest BCUT2D eigenvalue weighted by Crippen LogP contribution is -2.08. The topological polar surface area (TPSA) is 62.5 Å². The molecule has 4 nitrogen and oxygen atoms in total. The highest BCUT2D eigenvalue weighted by atomic mass is 16.4. The molecule has 0 saturated heterocycles. The summed E-state index contributed by atoms with van der Waals surface area (Å²) in [5.41, 5.74) is 2.80. The van der Waals surface area contributed by atoms with Crippen molar-refractivity contribution >= 4 is 22.4 Å². The maximum atomic E-state index is 11.1. The Bertz CT molecular complexity index is 863. The van der Waals surface area contributed by atoms with Crippen LogP contribution in [0.5, 0.6) is 5.88 Å². The van der Waals surface area contributed by atoms with E-state index in [1.165, 1.54) is 4.57 Å². The predicted octanol–water partition coefficient (Wildman–Crippen LogP) is 3.49. The van der Waals surface area contributed by atoms with Gasteiger partial charge in [0.15, 0.2) is 0 Å². The van der Waals surface area contributed by atoms with Gasteiger partial charge < -0.3 is 14.8 Å². The van der Waals surface area contributed by atoms with Gasteiger partial charge in [0, 0.05) is 5.39 Å². The normalized spacial score (nSPS) is 10.7. The van der Waals surface area contributed by atoms with Crippen LogP contribution in [0.3, 0.4) is 0 Å². The van der Waals surface area contributed by atoms with Crippen LogP contribution in [0, 0.1) is 0 Å². The highest BCUT2D eigenvalue weighted by molar-refractivity contribution is 6.00. The van der Waals surface area contributed by atoms with Crippen molar-refractivity contribution in [3.8, 4) is 5.88 Å².